The first-order chi connectivity index (χ1) is 13.6. The standard InChI is InChI=1S/C23H29ClN2O2/c1-28-22-6-2-4-20(14-22)15-25-23(27)12-9-18-5-3-13-26(16-18)17-19-7-10-21(24)11-8-19/h2,4,6-8,10-11,14,18H,3,5,9,12-13,15-17H2,1H3,(H,25,27). The number of amides is 1. The van der Waals surface area contributed by atoms with Crippen LogP contribution < -0.4 is 10.1 Å². The number of carbonyl (C=O) groups is 1. The number of rotatable bonds is 8. The van der Waals surface area contributed by atoms with Crippen molar-refractivity contribution < 1.29 is 9.53 Å². The number of carbonyl (C=O) groups excluding carboxylic acids is 1. The molecule has 1 fully saturated rings. The summed E-state index contributed by atoms with van der Waals surface area (Å²) in [6, 6.07) is 15.9. The second-order valence-corrected chi connectivity index (χ2v) is 7.97. The van der Waals surface area contributed by atoms with Crippen LogP contribution in [0.2, 0.25) is 5.02 Å². The van der Waals surface area contributed by atoms with Gasteiger partial charge in [-0.15, -0.1) is 0 Å². The van der Waals surface area contributed by atoms with Crippen molar-refractivity contribution in [2.24, 2.45) is 5.92 Å². The first-order valence-electron chi connectivity index (χ1n) is 9.99. The van der Waals surface area contributed by atoms with Gasteiger partial charge < -0.3 is 10.1 Å². The first kappa shape index (κ1) is 20.7. The molecule has 0 radical (unpaired) electrons. The number of hydrogen-bond acceptors (Lipinski definition) is 3. The number of hydrogen-bond donors (Lipinski definition) is 1. The van der Waals surface area contributed by atoms with Crippen molar-refractivity contribution in [3.8, 4) is 5.75 Å². The molecule has 1 unspecified atom stereocenters. The molecule has 0 bridgehead atoms. The fourth-order valence-electron chi connectivity index (χ4n) is 3.79. The Morgan fingerprint density at radius 3 is 2.82 bits per heavy atom. The first-order valence-corrected chi connectivity index (χ1v) is 10.4. The second kappa shape index (κ2) is 10.5. The van der Waals surface area contributed by atoms with E-state index in [0.29, 0.717) is 18.9 Å². The van der Waals surface area contributed by atoms with E-state index in [1.807, 2.05) is 36.4 Å². The molecule has 3 rings (SSSR count). The number of ether oxygens (including phenoxy) is 1. The molecular formula is C23H29ClN2O2. The van der Waals surface area contributed by atoms with E-state index in [1.54, 1.807) is 7.11 Å². The molecule has 4 nitrogen and oxygen atoms in total. The highest BCUT2D eigenvalue weighted by atomic mass is 35.5. The summed E-state index contributed by atoms with van der Waals surface area (Å²) in [7, 11) is 1.65. The van der Waals surface area contributed by atoms with Crippen LogP contribution in [0, 0.1) is 5.92 Å². The lowest BCUT2D eigenvalue weighted by atomic mass is 9.93. The predicted octanol–water partition coefficient (Wildman–Crippen LogP) is 4.66. The van der Waals surface area contributed by atoms with E-state index in [9.17, 15) is 4.79 Å². The third-order valence-corrected chi connectivity index (χ3v) is 5.58. The number of benzene rings is 2. The Labute approximate surface area is 172 Å². The minimum atomic E-state index is 0.123. The molecule has 1 amide bonds. The van der Waals surface area contributed by atoms with Gasteiger partial charge in [0.2, 0.25) is 5.91 Å². The molecule has 1 heterocycles. The summed E-state index contributed by atoms with van der Waals surface area (Å²) in [5.74, 6) is 1.52. The van der Waals surface area contributed by atoms with Gasteiger partial charge in [-0.25, -0.2) is 0 Å². The summed E-state index contributed by atoms with van der Waals surface area (Å²) in [6.07, 6.45) is 3.94. The fraction of sp³-hybridized carbons (Fsp3) is 0.435. The Morgan fingerprint density at radius 1 is 1.21 bits per heavy atom. The molecule has 0 aliphatic carbocycles. The van der Waals surface area contributed by atoms with Crippen molar-refractivity contribution in [1.82, 2.24) is 10.2 Å². The predicted molar refractivity (Wildman–Crippen MR) is 114 cm³/mol. The number of methoxy groups -OCH3 is 1. The lowest BCUT2D eigenvalue weighted by Crippen LogP contribution is -2.35. The summed E-state index contributed by atoms with van der Waals surface area (Å²) >= 11 is 5.97. The van der Waals surface area contributed by atoms with Gasteiger partial charge in [0, 0.05) is 31.1 Å². The lowest BCUT2D eigenvalue weighted by Gasteiger charge is -2.32. The Kier molecular flexibility index (Phi) is 7.75. The monoisotopic (exact) mass is 400 g/mol. The third kappa shape index (κ3) is 6.54. The summed E-state index contributed by atoms with van der Waals surface area (Å²) in [5, 5.41) is 3.80. The van der Waals surface area contributed by atoms with Crippen molar-refractivity contribution >= 4 is 17.5 Å². The molecule has 1 atom stereocenters. The Balaban J connectivity index is 1.39. The Bertz CT molecular complexity index is 763. The fourth-order valence-corrected chi connectivity index (χ4v) is 3.91. The quantitative estimate of drug-likeness (QED) is 0.700. The molecule has 0 aromatic heterocycles. The molecule has 5 heteroatoms. The molecule has 150 valence electrons. The maximum atomic E-state index is 12.2. The SMILES string of the molecule is COc1cccc(CNC(=O)CCC2CCCN(Cc3ccc(Cl)cc3)C2)c1. The van der Waals surface area contributed by atoms with Crippen LogP contribution in [0.25, 0.3) is 0 Å². The third-order valence-electron chi connectivity index (χ3n) is 5.33. The zero-order valence-corrected chi connectivity index (χ0v) is 17.3. The van der Waals surface area contributed by atoms with Gasteiger partial charge in [0.25, 0.3) is 0 Å². The van der Waals surface area contributed by atoms with Gasteiger partial charge in [0.1, 0.15) is 5.75 Å². The number of halogens is 1. The van der Waals surface area contributed by atoms with Gasteiger partial charge >= 0.3 is 0 Å². The average molecular weight is 401 g/mol. The van der Waals surface area contributed by atoms with Crippen LogP contribution in [0.15, 0.2) is 48.5 Å². The Hall–Kier alpha value is -2.04. The van der Waals surface area contributed by atoms with Crippen LogP contribution in [0.4, 0.5) is 0 Å². The van der Waals surface area contributed by atoms with Crippen molar-refractivity contribution in [3.63, 3.8) is 0 Å². The van der Waals surface area contributed by atoms with Crippen molar-refractivity contribution in [2.45, 2.75) is 38.8 Å². The summed E-state index contributed by atoms with van der Waals surface area (Å²) in [6.45, 7) is 3.69. The number of nitrogens with zero attached hydrogens (tertiary/aromatic N) is 1. The van der Waals surface area contributed by atoms with Crippen LogP contribution in [-0.4, -0.2) is 31.0 Å². The summed E-state index contributed by atoms with van der Waals surface area (Å²) in [4.78, 5) is 14.7. The van der Waals surface area contributed by atoms with Crippen LogP contribution in [0.3, 0.4) is 0 Å². The summed E-state index contributed by atoms with van der Waals surface area (Å²) < 4.78 is 5.22. The normalized spacial score (nSPS) is 17.3. The van der Waals surface area contributed by atoms with E-state index in [4.69, 9.17) is 16.3 Å². The molecule has 2 aromatic carbocycles. The van der Waals surface area contributed by atoms with Crippen molar-refractivity contribution in [2.75, 3.05) is 20.2 Å². The lowest BCUT2D eigenvalue weighted by molar-refractivity contribution is -0.121. The molecular weight excluding hydrogens is 372 g/mol. The molecule has 0 saturated carbocycles. The van der Waals surface area contributed by atoms with Crippen molar-refractivity contribution in [3.05, 3.63) is 64.7 Å². The number of likely N-dealkylation sites (tertiary alicyclic amines) is 1. The average Bonchev–Trinajstić information content (AvgIpc) is 2.73. The van der Waals surface area contributed by atoms with Gasteiger partial charge in [0.05, 0.1) is 7.11 Å². The largest absolute Gasteiger partial charge is 0.497 e. The van der Waals surface area contributed by atoms with E-state index in [-0.39, 0.29) is 5.91 Å². The van der Waals surface area contributed by atoms with E-state index in [1.165, 1.54) is 18.4 Å². The van der Waals surface area contributed by atoms with E-state index in [0.717, 1.165) is 42.4 Å². The van der Waals surface area contributed by atoms with Gasteiger partial charge in [-0.3, -0.25) is 9.69 Å². The van der Waals surface area contributed by atoms with E-state index >= 15 is 0 Å². The van der Waals surface area contributed by atoms with Crippen LogP contribution in [0.5, 0.6) is 5.75 Å². The van der Waals surface area contributed by atoms with Gasteiger partial charge in [0.15, 0.2) is 0 Å². The van der Waals surface area contributed by atoms with Gasteiger partial charge in [-0.2, -0.15) is 0 Å². The number of nitrogens with one attached hydrogen (secondary N) is 1. The molecule has 1 aliphatic heterocycles. The molecule has 0 spiro atoms. The summed E-state index contributed by atoms with van der Waals surface area (Å²) in [5.41, 5.74) is 2.35. The molecule has 1 saturated heterocycles. The topological polar surface area (TPSA) is 41.6 Å². The van der Waals surface area contributed by atoms with E-state index in [2.05, 4.69) is 22.3 Å². The zero-order valence-electron chi connectivity index (χ0n) is 16.5. The van der Waals surface area contributed by atoms with Crippen LogP contribution in [0.1, 0.15) is 36.8 Å². The molecule has 1 N–H and O–H groups in total. The van der Waals surface area contributed by atoms with Crippen molar-refractivity contribution in [1.29, 1.82) is 0 Å². The zero-order chi connectivity index (χ0) is 19.8. The molecule has 28 heavy (non-hydrogen) atoms. The molecule has 2 aromatic rings. The highest BCUT2D eigenvalue weighted by molar-refractivity contribution is 6.30. The maximum absolute atomic E-state index is 12.2. The number of piperidine rings is 1. The maximum Gasteiger partial charge on any atom is 0.220 e. The van der Waals surface area contributed by atoms with Crippen LogP contribution in [-0.2, 0) is 17.9 Å². The molecule has 1 aliphatic rings. The van der Waals surface area contributed by atoms with E-state index < -0.39 is 0 Å². The minimum absolute atomic E-state index is 0.123. The minimum Gasteiger partial charge on any atom is -0.497 e. The van der Waals surface area contributed by atoms with Crippen LogP contribution >= 0.6 is 11.6 Å². The second-order valence-electron chi connectivity index (χ2n) is 7.54. The highest BCUT2D eigenvalue weighted by Crippen LogP contribution is 2.23. The van der Waals surface area contributed by atoms with Gasteiger partial charge in [-0.1, -0.05) is 35.9 Å². The van der Waals surface area contributed by atoms with Gasteiger partial charge in [-0.05, 0) is 67.1 Å². The highest BCUT2D eigenvalue weighted by Gasteiger charge is 2.20. The Morgan fingerprint density at radius 2 is 2.04 bits per heavy atom. The smallest absolute Gasteiger partial charge is 0.220 e.